The number of carbonyl (C=O) groups excluding carboxylic acids is 1. The summed E-state index contributed by atoms with van der Waals surface area (Å²) in [5, 5.41) is 3.58. The molecule has 1 aliphatic rings. The van der Waals surface area contributed by atoms with Crippen LogP contribution in [0.15, 0.2) is 24.4 Å². The molecule has 0 saturated heterocycles. The molecule has 1 unspecified atom stereocenters. The number of rotatable bonds is 1. The summed E-state index contributed by atoms with van der Waals surface area (Å²) in [6, 6.07) is 5.01. The van der Waals surface area contributed by atoms with Crippen LogP contribution >= 0.6 is 0 Å². The zero-order valence-corrected chi connectivity index (χ0v) is 13.3. The van der Waals surface area contributed by atoms with Crippen LogP contribution in [0.2, 0.25) is 0 Å². The van der Waals surface area contributed by atoms with Crippen LogP contribution in [0.5, 0.6) is 0 Å². The molecular weight excluding hydrogens is 283 g/mol. The highest BCUT2D eigenvalue weighted by atomic mass is 19.1. The van der Waals surface area contributed by atoms with Crippen LogP contribution in [0.3, 0.4) is 0 Å². The maximum atomic E-state index is 13.9. The van der Waals surface area contributed by atoms with E-state index in [1.807, 2.05) is 44.5 Å². The minimum absolute atomic E-state index is 0.0802. The SMILES string of the molecule is CC1c2ccc(F)c3ccn(c23)C[C@@H]1NC(=O)OC(C)(C)C. The van der Waals surface area contributed by atoms with Crippen molar-refractivity contribution < 1.29 is 13.9 Å². The fraction of sp³-hybridized carbons (Fsp3) is 0.471. The molecule has 0 bridgehead atoms. The standard InChI is InChI=1S/C17H21FN2O2/c1-10-11-5-6-13(18)12-7-8-20(15(11)12)9-14(10)19-16(21)22-17(2,3)4/h5-8,10,14H,9H2,1-4H3,(H,19,21)/t10?,14-/m0/s1. The first kappa shape index (κ1) is 14.9. The second-order valence-electron chi connectivity index (χ2n) is 6.91. The summed E-state index contributed by atoms with van der Waals surface area (Å²) >= 11 is 0. The van der Waals surface area contributed by atoms with E-state index in [9.17, 15) is 9.18 Å². The number of halogens is 1. The van der Waals surface area contributed by atoms with E-state index in [-0.39, 0.29) is 17.8 Å². The first-order valence-electron chi connectivity index (χ1n) is 7.53. The van der Waals surface area contributed by atoms with E-state index in [2.05, 4.69) is 5.32 Å². The number of aromatic nitrogens is 1. The van der Waals surface area contributed by atoms with Crippen molar-refractivity contribution in [1.29, 1.82) is 0 Å². The summed E-state index contributed by atoms with van der Waals surface area (Å²) in [5.41, 5.74) is 1.45. The first-order valence-corrected chi connectivity index (χ1v) is 7.53. The van der Waals surface area contributed by atoms with E-state index in [4.69, 9.17) is 4.74 Å². The van der Waals surface area contributed by atoms with Gasteiger partial charge in [-0.15, -0.1) is 0 Å². The summed E-state index contributed by atoms with van der Waals surface area (Å²) in [7, 11) is 0. The molecule has 5 heteroatoms. The summed E-state index contributed by atoms with van der Waals surface area (Å²) in [4.78, 5) is 12.0. The summed E-state index contributed by atoms with van der Waals surface area (Å²) in [6.45, 7) is 8.17. The third-order valence-corrected chi connectivity index (χ3v) is 4.09. The Balaban J connectivity index is 1.87. The van der Waals surface area contributed by atoms with Gasteiger partial charge in [-0.3, -0.25) is 0 Å². The number of ether oxygens (including phenoxy) is 1. The lowest BCUT2D eigenvalue weighted by atomic mass is 9.89. The minimum Gasteiger partial charge on any atom is -0.444 e. The van der Waals surface area contributed by atoms with Gasteiger partial charge in [0.2, 0.25) is 0 Å². The molecule has 1 aromatic carbocycles. The predicted molar refractivity (Wildman–Crippen MR) is 83.5 cm³/mol. The molecule has 1 aliphatic heterocycles. The Labute approximate surface area is 129 Å². The number of hydrogen-bond donors (Lipinski definition) is 1. The van der Waals surface area contributed by atoms with Crippen LogP contribution in [-0.2, 0) is 11.3 Å². The number of nitrogens with zero attached hydrogens (tertiary/aromatic N) is 1. The van der Waals surface area contributed by atoms with Crippen molar-refractivity contribution in [3.63, 3.8) is 0 Å². The molecule has 1 N–H and O–H groups in total. The Morgan fingerprint density at radius 3 is 2.77 bits per heavy atom. The van der Waals surface area contributed by atoms with Crippen molar-refractivity contribution in [1.82, 2.24) is 9.88 Å². The molecule has 0 saturated carbocycles. The number of alkyl carbamates (subject to hydrolysis) is 1. The molecule has 0 radical (unpaired) electrons. The summed E-state index contributed by atoms with van der Waals surface area (Å²) < 4.78 is 21.2. The molecule has 0 spiro atoms. The highest BCUT2D eigenvalue weighted by molar-refractivity contribution is 5.85. The third kappa shape index (κ3) is 2.56. The Kier molecular flexibility index (Phi) is 3.38. The summed E-state index contributed by atoms with van der Waals surface area (Å²) in [6.07, 6.45) is 1.45. The van der Waals surface area contributed by atoms with Crippen LogP contribution < -0.4 is 5.32 Å². The fourth-order valence-electron chi connectivity index (χ4n) is 3.05. The quantitative estimate of drug-likeness (QED) is 0.871. The van der Waals surface area contributed by atoms with E-state index in [0.717, 1.165) is 11.1 Å². The lowest BCUT2D eigenvalue weighted by Gasteiger charge is -2.32. The van der Waals surface area contributed by atoms with Crippen LogP contribution in [0.4, 0.5) is 9.18 Å². The molecule has 1 amide bonds. The Hall–Kier alpha value is -2.04. The lowest BCUT2D eigenvalue weighted by Crippen LogP contribution is -2.45. The Bertz CT molecular complexity index is 730. The molecule has 22 heavy (non-hydrogen) atoms. The lowest BCUT2D eigenvalue weighted by molar-refractivity contribution is 0.0491. The Morgan fingerprint density at radius 2 is 2.09 bits per heavy atom. The highest BCUT2D eigenvalue weighted by Gasteiger charge is 2.30. The topological polar surface area (TPSA) is 43.3 Å². The van der Waals surface area contributed by atoms with Crippen molar-refractivity contribution in [3.05, 3.63) is 35.8 Å². The van der Waals surface area contributed by atoms with Gasteiger partial charge in [0.05, 0.1) is 11.6 Å². The van der Waals surface area contributed by atoms with E-state index in [1.54, 1.807) is 6.07 Å². The normalized spacial score (nSPS) is 21.0. The molecule has 0 fully saturated rings. The average molecular weight is 304 g/mol. The Morgan fingerprint density at radius 1 is 1.36 bits per heavy atom. The number of carbonyl (C=O) groups is 1. The van der Waals surface area contributed by atoms with Gasteiger partial charge in [-0.05, 0) is 38.5 Å². The van der Waals surface area contributed by atoms with E-state index in [0.29, 0.717) is 11.9 Å². The average Bonchev–Trinajstić information content (AvgIpc) is 2.80. The van der Waals surface area contributed by atoms with Gasteiger partial charge in [0.1, 0.15) is 11.4 Å². The minimum atomic E-state index is -0.524. The smallest absolute Gasteiger partial charge is 0.407 e. The van der Waals surface area contributed by atoms with E-state index >= 15 is 0 Å². The highest BCUT2D eigenvalue weighted by Crippen LogP contribution is 2.35. The number of nitrogens with one attached hydrogen (secondary N) is 1. The molecule has 0 aliphatic carbocycles. The largest absolute Gasteiger partial charge is 0.444 e. The number of benzene rings is 1. The second-order valence-corrected chi connectivity index (χ2v) is 6.91. The van der Waals surface area contributed by atoms with Gasteiger partial charge in [-0.1, -0.05) is 13.0 Å². The third-order valence-electron chi connectivity index (χ3n) is 4.09. The van der Waals surface area contributed by atoms with E-state index < -0.39 is 11.7 Å². The van der Waals surface area contributed by atoms with Gasteiger partial charge in [-0.2, -0.15) is 0 Å². The maximum absolute atomic E-state index is 13.9. The molecule has 4 nitrogen and oxygen atoms in total. The molecule has 118 valence electrons. The van der Waals surface area contributed by atoms with Gasteiger partial charge in [0, 0.05) is 24.0 Å². The summed E-state index contributed by atoms with van der Waals surface area (Å²) in [5.74, 6) is -0.110. The maximum Gasteiger partial charge on any atom is 0.407 e. The van der Waals surface area contributed by atoms with Gasteiger partial charge in [0.15, 0.2) is 0 Å². The van der Waals surface area contributed by atoms with Crippen molar-refractivity contribution in [3.8, 4) is 0 Å². The van der Waals surface area contributed by atoms with Crippen LogP contribution in [-0.4, -0.2) is 22.3 Å². The molecule has 1 aromatic heterocycles. The zero-order chi connectivity index (χ0) is 16.1. The van der Waals surface area contributed by atoms with Crippen LogP contribution in [0.1, 0.15) is 39.2 Å². The van der Waals surface area contributed by atoms with Crippen molar-refractivity contribution >= 4 is 17.0 Å². The molecular formula is C17H21FN2O2. The predicted octanol–water partition coefficient (Wildman–Crippen LogP) is 3.79. The van der Waals surface area contributed by atoms with Crippen LogP contribution in [0, 0.1) is 5.82 Å². The van der Waals surface area contributed by atoms with Crippen molar-refractivity contribution in [2.75, 3.05) is 0 Å². The molecule has 2 aromatic rings. The van der Waals surface area contributed by atoms with Crippen molar-refractivity contribution in [2.45, 2.75) is 51.8 Å². The van der Waals surface area contributed by atoms with E-state index in [1.165, 1.54) is 6.07 Å². The monoisotopic (exact) mass is 304 g/mol. The van der Waals surface area contributed by atoms with Gasteiger partial charge < -0.3 is 14.6 Å². The first-order chi connectivity index (χ1) is 10.3. The van der Waals surface area contributed by atoms with Gasteiger partial charge in [-0.25, -0.2) is 9.18 Å². The zero-order valence-electron chi connectivity index (χ0n) is 13.3. The van der Waals surface area contributed by atoms with Gasteiger partial charge >= 0.3 is 6.09 Å². The van der Waals surface area contributed by atoms with Gasteiger partial charge in [0.25, 0.3) is 0 Å². The molecule has 2 heterocycles. The molecule has 3 rings (SSSR count). The number of amides is 1. The van der Waals surface area contributed by atoms with Crippen molar-refractivity contribution in [2.24, 2.45) is 0 Å². The fourth-order valence-corrected chi connectivity index (χ4v) is 3.05. The second kappa shape index (κ2) is 5.00. The number of hydrogen-bond acceptors (Lipinski definition) is 2. The molecule has 2 atom stereocenters. The van der Waals surface area contributed by atoms with Crippen LogP contribution in [0.25, 0.3) is 10.9 Å².